The highest BCUT2D eigenvalue weighted by atomic mass is 16.5. The van der Waals surface area contributed by atoms with Crippen molar-refractivity contribution in [3.8, 4) is 5.75 Å². The molecule has 0 aliphatic heterocycles. The first-order valence-corrected chi connectivity index (χ1v) is 5.23. The standard InChI is InChI=1S/C13H12O4/c1-8-5-10-3-4-11(16-7-9(2)14)6-12(10)17-13(8)15/h3-6H,7H2,1-2H3. The van der Waals surface area contributed by atoms with Crippen molar-refractivity contribution in [1.82, 2.24) is 0 Å². The van der Waals surface area contributed by atoms with Gasteiger partial charge in [-0.05, 0) is 32.0 Å². The number of aryl methyl sites for hydroxylation is 1. The van der Waals surface area contributed by atoms with E-state index in [0.29, 0.717) is 16.9 Å². The first kappa shape index (κ1) is 11.4. The zero-order valence-corrected chi connectivity index (χ0v) is 9.65. The van der Waals surface area contributed by atoms with Gasteiger partial charge in [-0.3, -0.25) is 4.79 Å². The Morgan fingerprint density at radius 1 is 1.35 bits per heavy atom. The summed E-state index contributed by atoms with van der Waals surface area (Å²) in [4.78, 5) is 22.1. The Hall–Kier alpha value is -2.10. The van der Waals surface area contributed by atoms with Crippen LogP contribution in [0.3, 0.4) is 0 Å². The topological polar surface area (TPSA) is 56.5 Å². The van der Waals surface area contributed by atoms with Crippen LogP contribution in [0.25, 0.3) is 11.0 Å². The predicted octanol–water partition coefficient (Wildman–Crippen LogP) is 2.07. The Morgan fingerprint density at radius 2 is 2.12 bits per heavy atom. The van der Waals surface area contributed by atoms with Gasteiger partial charge in [0.1, 0.15) is 17.9 Å². The van der Waals surface area contributed by atoms with Crippen molar-refractivity contribution in [2.75, 3.05) is 6.61 Å². The van der Waals surface area contributed by atoms with E-state index in [2.05, 4.69) is 0 Å². The molecule has 1 aromatic heterocycles. The molecule has 0 radical (unpaired) electrons. The Morgan fingerprint density at radius 3 is 2.82 bits per heavy atom. The number of rotatable bonds is 3. The van der Waals surface area contributed by atoms with Gasteiger partial charge in [-0.25, -0.2) is 4.79 Å². The summed E-state index contributed by atoms with van der Waals surface area (Å²) in [5.74, 6) is 0.454. The molecule has 0 N–H and O–H groups in total. The zero-order chi connectivity index (χ0) is 12.4. The molecule has 17 heavy (non-hydrogen) atoms. The van der Waals surface area contributed by atoms with Crippen LogP contribution in [-0.4, -0.2) is 12.4 Å². The third kappa shape index (κ3) is 2.53. The largest absolute Gasteiger partial charge is 0.486 e. The average Bonchev–Trinajstić information content (AvgIpc) is 2.28. The molecule has 0 bridgehead atoms. The van der Waals surface area contributed by atoms with E-state index in [1.54, 1.807) is 31.2 Å². The minimum Gasteiger partial charge on any atom is -0.486 e. The van der Waals surface area contributed by atoms with Crippen LogP contribution in [0.15, 0.2) is 33.5 Å². The van der Waals surface area contributed by atoms with Crippen molar-refractivity contribution in [1.29, 1.82) is 0 Å². The van der Waals surface area contributed by atoms with Gasteiger partial charge in [-0.1, -0.05) is 0 Å². The fraction of sp³-hybridized carbons (Fsp3) is 0.231. The van der Waals surface area contributed by atoms with Gasteiger partial charge >= 0.3 is 5.63 Å². The third-order valence-corrected chi connectivity index (χ3v) is 2.32. The maximum absolute atomic E-state index is 11.3. The molecular formula is C13H12O4. The van der Waals surface area contributed by atoms with E-state index in [1.807, 2.05) is 0 Å². The van der Waals surface area contributed by atoms with Gasteiger partial charge in [0.25, 0.3) is 0 Å². The Kier molecular flexibility index (Phi) is 2.95. The molecular weight excluding hydrogens is 220 g/mol. The van der Waals surface area contributed by atoms with Crippen LogP contribution in [0.2, 0.25) is 0 Å². The molecule has 4 heteroatoms. The molecule has 4 nitrogen and oxygen atoms in total. The predicted molar refractivity (Wildman–Crippen MR) is 63.4 cm³/mol. The summed E-state index contributed by atoms with van der Waals surface area (Å²) in [5.41, 5.74) is 0.665. The van der Waals surface area contributed by atoms with E-state index in [0.717, 1.165) is 5.39 Å². The third-order valence-electron chi connectivity index (χ3n) is 2.32. The fourth-order valence-electron chi connectivity index (χ4n) is 1.47. The normalized spacial score (nSPS) is 10.5. The lowest BCUT2D eigenvalue weighted by atomic mass is 10.2. The second kappa shape index (κ2) is 4.41. The van der Waals surface area contributed by atoms with Crippen molar-refractivity contribution in [3.05, 3.63) is 40.2 Å². The number of hydrogen-bond acceptors (Lipinski definition) is 4. The Labute approximate surface area is 97.8 Å². The molecule has 0 aliphatic rings. The van der Waals surface area contributed by atoms with E-state index < -0.39 is 0 Å². The van der Waals surface area contributed by atoms with Crippen LogP contribution in [-0.2, 0) is 4.79 Å². The summed E-state index contributed by atoms with van der Waals surface area (Å²) < 4.78 is 10.4. The summed E-state index contributed by atoms with van der Waals surface area (Å²) in [5, 5.41) is 0.831. The number of Topliss-reactive ketones (excluding diaryl/α,β-unsaturated/α-hetero) is 1. The summed E-state index contributed by atoms with van der Waals surface area (Å²) in [6.07, 6.45) is 0. The summed E-state index contributed by atoms with van der Waals surface area (Å²) >= 11 is 0. The second-order valence-corrected chi connectivity index (χ2v) is 3.91. The maximum atomic E-state index is 11.3. The summed E-state index contributed by atoms with van der Waals surface area (Å²) in [7, 11) is 0. The molecule has 0 saturated carbocycles. The number of benzene rings is 1. The lowest BCUT2D eigenvalue weighted by molar-refractivity contribution is -0.118. The smallest absolute Gasteiger partial charge is 0.339 e. The Bertz CT molecular complexity index is 625. The van der Waals surface area contributed by atoms with Crippen LogP contribution in [0.5, 0.6) is 5.75 Å². The lowest BCUT2D eigenvalue weighted by Crippen LogP contribution is -2.06. The number of carbonyl (C=O) groups excluding carboxylic acids is 1. The molecule has 0 saturated heterocycles. The van der Waals surface area contributed by atoms with E-state index >= 15 is 0 Å². The van der Waals surface area contributed by atoms with Crippen LogP contribution >= 0.6 is 0 Å². The van der Waals surface area contributed by atoms with Crippen LogP contribution in [0, 0.1) is 6.92 Å². The van der Waals surface area contributed by atoms with Gasteiger partial charge in [-0.2, -0.15) is 0 Å². The van der Waals surface area contributed by atoms with Gasteiger partial charge in [0.2, 0.25) is 0 Å². The van der Waals surface area contributed by atoms with Gasteiger partial charge in [0.05, 0.1) is 0 Å². The minimum atomic E-state index is -0.360. The number of carbonyl (C=O) groups is 1. The molecule has 0 atom stereocenters. The highest BCUT2D eigenvalue weighted by Gasteiger charge is 2.03. The maximum Gasteiger partial charge on any atom is 0.339 e. The van der Waals surface area contributed by atoms with Gasteiger partial charge in [-0.15, -0.1) is 0 Å². The lowest BCUT2D eigenvalue weighted by Gasteiger charge is -2.04. The average molecular weight is 232 g/mol. The van der Waals surface area contributed by atoms with Gasteiger partial charge < -0.3 is 9.15 Å². The number of ketones is 1. The number of fused-ring (bicyclic) bond motifs is 1. The highest BCUT2D eigenvalue weighted by Crippen LogP contribution is 2.20. The number of ether oxygens (including phenoxy) is 1. The zero-order valence-electron chi connectivity index (χ0n) is 9.65. The van der Waals surface area contributed by atoms with Crippen molar-refractivity contribution in [2.24, 2.45) is 0 Å². The van der Waals surface area contributed by atoms with Crippen LogP contribution in [0.4, 0.5) is 0 Å². The van der Waals surface area contributed by atoms with Crippen molar-refractivity contribution < 1.29 is 13.9 Å². The van der Waals surface area contributed by atoms with Crippen LogP contribution in [0.1, 0.15) is 12.5 Å². The fourth-order valence-corrected chi connectivity index (χ4v) is 1.47. The minimum absolute atomic E-state index is 0.0155. The van der Waals surface area contributed by atoms with Crippen molar-refractivity contribution in [3.63, 3.8) is 0 Å². The van der Waals surface area contributed by atoms with Crippen molar-refractivity contribution in [2.45, 2.75) is 13.8 Å². The van der Waals surface area contributed by atoms with E-state index in [9.17, 15) is 9.59 Å². The summed E-state index contributed by atoms with van der Waals surface area (Å²) in [6, 6.07) is 6.90. The first-order chi connectivity index (χ1) is 8.06. The highest BCUT2D eigenvalue weighted by molar-refractivity contribution is 5.79. The summed E-state index contributed by atoms with van der Waals surface area (Å²) in [6.45, 7) is 3.16. The molecule has 1 heterocycles. The molecule has 0 amide bonds. The van der Waals surface area contributed by atoms with Gasteiger partial charge in [0.15, 0.2) is 5.78 Å². The molecule has 2 rings (SSSR count). The van der Waals surface area contributed by atoms with E-state index in [1.165, 1.54) is 6.92 Å². The molecule has 0 spiro atoms. The number of hydrogen-bond donors (Lipinski definition) is 0. The second-order valence-electron chi connectivity index (χ2n) is 3.91. The van der Waals surface area contributed by atoms with Gasteiger partial charge in [0, 0.05) is 17.0 Å². The van der Waals surface area contributed by atoms with Crippen LogP contribution < -0.4 is 10.4 Å². The molecule has 88 valence electrons. The SMILES string of the molecule is CC(=O)COc1ccc2cc(C)c(=O)oc2c1. The molecule has 0 fully saturated rings. The first-order valence-electron chi connectivity index (χ1n) is 5.23. The molecule has 0 aliphatic carbocycles. The monoisotopic (exact) mass is 232 g/mol. The van der Waals surface area contributed by atoms with E-state index in [-0.39, 0.29) is 18.0 Å². The van der Waals surface area contributed by atoms with E-state index in [4.69, 9.17) is 9.15 Å². The van der Waals surface area contributed by atoms with Crippen molar-refractivity contribution >= 4 is 16.8 Å². The molecule has 2 aromatic rings. The molecule has 0 unspecified atom stereocenters. The molecule has 1 aromatic carbocycles. The Balaban J connectivity index is 2.40. The quantitative estimate of drug-likeness (QED) is 0.760.